The van der Waals surface area contributed by atoms with Crippen molar-refractivity contribution in [1.82, 2.24) is 9.97 Å². The number of hydrogen-bond donors (Lipinski definition) is 1. The van der Waals surface area contributed by atoms with Crippen molar-refractivity contribution in [3.63, 3.8) is 0 Å². The van der Waals surface area contributed by atoms with Crippen LogP contribution < -0.4 is 5.32 Å². The van der Waals surface area contributed by atoms with Crippen molar-refractivity contribution in [1.29, 1.82) is 0 Å². The Kier molecular flexibility index (Phi) is 3.49. The van der Waals surface area contributed by atoms with Crippen LogP contribution in [0.4, 0.5) is 10.2 Å². The third kappa shape index (κ3) is 2.50. The second-order valence-electron chi connectivity index (χ2n) is 3.86. The Balaban J connectivity index is 2.37. The Bertz CT molecular complexity index is 518. The van der Waals surface area contributed by atoms with Crippen molar-refractivity contribution in [3.05, 3.63) is 30.3 Å². The number of halogens is 1. The molecule has 0 aliphatic rings. The Morgan fingerprint density at radius 2 is 2.24 bits per heavy atom. The van der Waals surface area contributed by atoms with Gasteiger partial charge in [-0.3, -0.25) is 0 Å². The van der Waals surface area contributed by atoms with Crippen molar-refractivity contribution in [2.24, 2.45) is 0 Å². The summed E-state index contributed by atoms with van der Waals surface area (Å²) in [4.78, 5) is 8.06. The quantitative estimate of drug-likeness (QED) is 0.882. The Morgan fingerprint density at radius 3 is 3.00 bits per heavy atom. The zero-order valence-corrected chi connectivity index (χ0v) is 9.77. The molecule has 1 unspecified atom stereocenters. The molecule has 1 atom stereocenters. The third-order valence-corrected chi connectivity index (χ3v) is 2.42. The summed E-state index contributed by atoms with van der Waals surface area (Å²) in [5.41, 5.74) is 0.328. The lowest BCUT2D eigenvalue weighted by atomic mass is 10.2. The van der Waals surface area contributed by atoms with Gasteiger partial charge in [0.05, 0.1) is 6.61 Å². The van der Waals surface area contributed by atoms with Crippen LogP contribution in [0.5, 0.6) is 0 Å². The summed E-state index contributed by atoms with van der Waals surface area (Å²) < 4.78 is 18.5. The molecule has 0 fully saturated rings. The molecule has 4 nitrogen and oxygen atoms in total. The lowest BCUT2D eigenvalue weighted by molar-refractivity contribution is 0.190. The number of rotatable bonds is 4. The number of ether oxygens (including phenoxy) is 1. The molecule has 2 aromatic rings. The first kappa shape index (κ1) is 11.7. The maximum atomic E-state index is 13.5. The molecular formula is C12H14FN3O. The van der Waals surface area contributed by atoms with Gasteiger partial charge in [0.1, 0.15) is 23.5 Å². The van der Waals surface area contributed by atoms with Crippen LogP contribution in [0.2, 0.25) is 0 Å². The Morgan fingerprint density at radius 1 is 1.41 bits per heavy atom. The predicted molar refractivity (Wildman–Crippen MR) is 64.5 cm³/mol. The van der Waals surface area contributed by atoms with Crippen molar-refractivity contribution in [2.45, 2.75) is 13.0 Å². The monoisotopic (exact) mass is 235 g/mol. The first-order valence-corrected chi connectivity index (χ1v) is 5.37. The first-order valence-electron chi connectivity index (χ1n) is 5.37. The van der Waals surface area contributed by atoms with Gasteiger partial charge in [0, 0.05) is 18.5 Å². The van der Waals surface area contributed by atoms with Gasteiger partial charge in [-0.2, -0.15) is 0 Å². The fourth-order valence-corrected chi connectivity index (χ4v) is 1.69. The molecular weight excluding hydrogens is 221 g/mol. The summed E-state index contributed by atoms with van der Waals surface area (Å²) >= 11 is 0. The van der Waals surface area contributed by atoms with Crippen molar-refractivity contribution < 1.29 is 9.13 Å². The predicted octanol–water partition coefficient (Wildman–Crippen LogP) is 2.22. The number of hydrogen-bond acceptors (Lipinski definition) is 4. The molecule has 90 valence electrons. The van der Waals surface area contributed by atoms with Crippen LogP contribution in [-0.4, -0.2) is 29.7 Å². The van der Waals surface area contributed by atoms with Crippen molar-refractivity contribution in [3.8, 4) is 0 Å². The van der Waals surface area contributed by atoms with Crippen LogP contribution in [0.1, 0.15) is 6.92 Å². The Labute approximate surface area is 98.8 Å². The molecule has 0 radical (unpaired) electrons. The first-order chi connectivity index (χ1) is 8.22. The van der Waals surface area contributed by atoms with E-state index in [1.165, 1.54) is 12.4 Å². The van der Waals surface area contributed by atoms with E-state index in [-0.39, 0.29) is 11.9 Å². The number of benzene rings is 1. The fraction of sp³-hybridized carbons (Fsp3) is 0.333. The molecule has 0 saturated carbocycles. The van der Waals surface area contributed by atoms with E-state index in [9.17, 15) is 4.39 Å². The highest BCUT2D eigenvalue weighted by molar-refractivity contribution is 5.89. The second-order valence-corrected chi connectivity index (χ2v) is 3.86. The molecule has 1 heterocycles. The normalized spacial score (nSPS) is 12.6. The van der Waals surface area contributed by atoms with Crippen LogP contribution in [0, 0.1) is 5.82 Å². The van der Waals surface area contributed by atoms with E-state index in [0.29, 0.717) is 23.3 Å². The van der Waals surface area contributed by atoms with Crippen molar-refractivity contribution >= 4 is 16.7 Å². The van der Waals surface area contributed by atoms with Crippen LogP contribution in [0.3, 0.4) is 0 Å². The van der Waals surface area contributed by atoms with E-state index < -0.39 is 0 Å². The summed E-state index contributed by atoms with van der Waals surface area (Å²) in [6.07, 6.45) is 1.35. The van der Waals surface area contributed by atoms with Gasteiger partial charge >= 0.3 is 0 Å². The third-order valence-electron chi connectivity index (χ3n) is 2.42. The molecule has 17 heavy (non-hydrogen) atoms. The number of methoxy groups -OCH3 is 1. The lowest BCUT2D eigenvalue weighted by Gasteiger charge is -2.14. The molecule has 0 bridgehead atoms. The zero-order chi connectivity index (χ0) is 12.3. The standard InChI is InChI=1S/C12H14FN3O/c1-8(6-17-2)16-12-9-4-3-5-10(13)11(9)14-7-15-12/h3-5,7-8H,6H2,1-2H3,(H,14,15,16). The number of anilines is 1. The van der Waals surface area contributed by atoms with Crippen LogP contribution in [0.25, 0.3) is 10.9 Å². The minimum absolute atomic E-state index is 0.0985. The van der Waals surface area contributed by atoms with Crippen LogP contribution in [0.15, 0.2) is 24.5 Å². The molecule has 0 aliphatic heterocycles. The average molecular weight is 235 g/mol. The van der Waals surface area contributed by atoms with Gasteiger partial charge in [0.15, 0.2) is 0 Å². The topological polar surface area (TPSA) is 47.0 Å². The average Bonchev–Trinajstić information content (AvgIpc) is 2.31. The van der Waals surface area contributed by atoms with E-state index in [4.69, 9.17) is 4.74 Å². The highest BCUT2D eigenvalue weighted by Crippen LogP contribution is 2.21. The zero-order valence-electron chi connectivity index (χ0n) is 9.77. The summed E-state index contributed by atoms with van der Waals surface area (Å²) in [6, 6.07) is 4.92. The van der Waals surface area contributed by atoms with E-state index in [1.807, 2.05) is 6.92 Å². The molecule has 1 N–H and O–H groups in total. The highest BCUT2D eigenvalue weighted by atomic mass is 19.1. The number of aromatic nitrogens is 2. The fourth-order valence-electron chi connectivity index (χ4n) is 1.69. The van der Waals surface area contributed by atoms with Crippen LogP contribution >= 0.6 is 0 Å². The van der Waals surface area contributed by atoms with Gasteiger partial charge in [0.2, 0.25) is 0 Å². The van der Waals surface area contributed by atoms with Crippen molar-refractivity contribution in [2.75, 3.05) is 19.0 Å². The van der Waals surface area contributed by atoms with Gasteiger partial charge in [-0.25, -0.2) is 14.4 Å². The number of fused-ring (bicyclic) bond motifs is 1. The maximum absolute atomic E-state index is 13.5. The minimum Gasteiger partial charge on any atom is -0.383 e. The summed E-state index contributed by atoms with van der Waals surface area (Å²) in [5, 5.41) is 3.85. The summed E-state index contributed by atoms with van der Waals surface area (Å²) in [5.74, 6) is 0.284. The molecule has 1 aromatic carbocycles. The van der Waals surface area contributed by atoms with Gasteiger partial charge < -0.3 is 10.1 Å². The molecule has 0 saturated heterocycles. The minimum atomic E-state index is -0.340. The number of nitrogens with zero attached hydrogens (tertiary/aromatic N) is 2. The Hall–Kier alpha value is -1.75. The maximum Gasteiger partial charge on any atom is 0.149 e. The lowest BCUT2D eigenvalue weighted by Crippen LogP contribution is -2.21. The van der Waals surface area contributed by atoms with E-state index in [2.05, 4.69) is 15.3 Å². The van der Waals surface area contributed by atoms with E-state index >= 15 is 0 Å². The van der Waals surface area contributed by atoms with E-state index in [1.54, 1.807) is 19.2 Å². The smallest absolute Gasteiger partial charge is 0.149 e. The SMILES string of the molecule is COCC(C)Nc1ncnc2c(F)cccc12. The molecule has 0 amide bonds. The molecule has 0 spiro atoms. The number of para-hydroxylation sites is 1. The van der Waals surface area contributed by atoms with Gasteiger partial charge in [-0.15, -0.1) is 0 Å². The molecule has 0 aliphatic carbocycles. The van der Waals surface area contributed by atoms with Gasteiger partial charge in [-0.05, 0) is 19.1 Å². The van der Waals surface area contributed by atoms with E-state index in [0.717, 1.165) is 0 Å². The highest BCUT2D eigenvalue weighted by Gasteiger charge is 2.09. The summed E-state index contributed by atoms with van der Waals surface area (Å²) in [6.45, 7) is 2.53. The molecule has 2 rings (SSSR count). The molecule has 1 aromatic heterocycles. The second kappa shape index (κ2) is 5.05. The largest absolute Gasteiger partial charge is 0.383 e. The molecule has 5 heteroatoms. The summed E-state index contributed by atoms with van der Waals surface area (Å²) in [7, 11) is 1.63. The van der Waals surface area contributed by atoms with Gasteiger partial charge in [-0.1, -0.05) is 6.07 Å². The van der Waals surface area contributed by atoms with Crippen LogP contribution in [-0.2, 0) is 4.74 Å². The number of nitrogens with one attached hydrogen (secondary N) is 1. The van der Waals surface area contributed by atoms with Gasteiger partial charge in [0.25, 0.3) is 0 Å².